The lowest BCUT2D eigenvalue weighted by Crippen LogP contribution is -2.38. The zero-order valence-electron chi connectivity index (χ0n) is 13.3. The summed E-state index contributed by atoms with van der Waals surface area (Å²) >= 11 is 0. The molecule has 0 radical (unpaired) electrons. The molecule has 24 heavy (non-hydrogen) atoms. The van der Waals surface area contributed by atoms with Crippen molar-refractivity contribution in [1.29, 1.82) is 0 Å². The number of rotatable bonds is 4. The molecular formula is C19H18FNO3. The average molecular weight is 327 g/mol. The summed E-state index contributed by atoms with van der Waals surface area (Å²) < 4.78 is 13.0. The summed E-state index contributed by atoms with van der Waals surface area (Å²) in [6.45, 7) is 1.61. The molecule has 1 heterocycles. The van der Waals surface area contributed by atoms with E-state index < -0.39 is 17.3 Å². The highest BCUT2D eigenvalue weighted by Gasteiger charge is 2.49. The second-order valence-corrected chi connectivity index (χ2v) is 6.25. The van der Waals surface area contributed by atoms with E-state index in [0.717, 1.165) is 10.5 Å². The normalized spacial score (nSPS) is 22.0. The second-order valence-electron chi connectivity index (χ2n) is 6.25. The van der Waals surface area contributed by atoms with Crippen molar-refractivity contribution in [1.82, 2.24) is 4.90 Å². The molecule has 0 unspecified atom stereocenters. The average Bonchev–Trinajstić information content (AvgIpc) is 2.80. The fraction of sp³-hybridized carbons (Fsp3) is 0.263. The lowest BCUT2D eigenvalue weighted by atomic mass is 9.81. The van der Waals surface area contributed by atoms with E-state index in [2.05, 4.69) is 0 Å². The van der Waals surface area contributed by atoms with Gasteiger partial charge in [0.2, 0.25) is 11.8 Å². The number of hydrogen-bond donors (Lipinski definition) is 1. The molecule has 2 amide bonds. The van der Waals surface area contributed by atoms with Crippen molar-refractivity contribution in [3.05, 3.63) is 71.5 Å². The first-order valence-corrected chi connectivity index (χ1v) is 7.75. The third-order valence-electron chi connectivity index (χ3n) is 4.54. The van der Waals surface area contributed by atoms with Gasteiger partial charge in [-0.25, -0.2) is 4.39 Å². The number of carbonyl (C=O) groups is 2. The number of aliphatic hydroxyl groups excluding tert-OH is 1. The Hall–Kier alpha value is -2.53. The number of imide groups is 1. The molecule has 1 saturated heterocycles. The number of amides is 2. The second kappa shape index (κ2) is 6.17. The molecule has 0 aromatic heterocycles. The predicted molar refractivity (Wildman–Crippen MR) is 86.5 cm³/mol. The van der Waals surface area contributed by atoms with Crippen LogP contribution in [0.3, 0.4) is 0 Å². The molecule has 0 saturated carbocycles. The predicted octanol–water partition coefficient (Wildman–Crippen LogP) is 2.58. The van der Waals surface area contributed by atoms with Gasteiger partial charge in [-0.15, -0.1) is 0 Å². The van der Waals surface area contributed by atoms with Crippen LogP contribution in [0, 0.1) is 5.82 Å². The molecular weight excluding hydrogens is 309 g/mol. The minimum atomic E-state index is -1.04. The molecule has 3 rings (SSSR count). The van der Waals surface area contributed by atoms with Gasteiger partial charge >= 0.3 is 0 Å². The monoisotopic (exact) mass is 327 g/mol. The number of β-amino-alcohol motifs (C(OH)–C–C–N with tert-alkyl or cyclic N) is 1. The molecule has 0 aliphatic carbocycles. The Kier molecular flexibility index (Phi) is 4.20. The molecule has 1 fully saturated rings. The number of carbonyl (C=O) groups excluding carboxylic acids is 2. The number of hydrogen-bond acceptors (Lipinski definition) is 3. The van der Waals surface area contributed by atoms with E-state index in [9.17, 15) is 19.1 Å². The summed E-state index contributed by atoms with van der Waals surface area (Å²) in [6.07, 6.45) is -0.969. The van der Waals surface area contributed by atoms with Gasteiger partial charge in [-0.3, -0.25) is 14.5 Å². The maximum Gasteiger partial charge on any atom is 0.240 e. The van der Waals surface area contributed by atoms with Crippen LogP contribution in [0.15, 0.2) is 54.6 Å². The van der Waals surface area contributed by atoms with E-state index in [0.29, 0.717) is 5.56 Å². The van der Waals surface area contributed by atoms with Crippen LogP contribution < -0.4 is 0 Å². The first kappa shape index (κ1) is 16.3. The van der Waals surface area contributed by atoms with Gasteiger partial charge in [0.25, 0.3) is 0 Å². The third-order valence-corrected chi connectivity index (χ3v) is 4.54. The van der Waals surface area contributed by atoms with E-state index in [1.54, 1.807) is 6.92 Å². The first-order valence-electron chi connectivity index (χ1n) is 7.75. The van der Waals surface area contributed by atoms with E-state index in [-0.39, 0.29) is 24.8 Å². The van der Waals surface area contributed by atoms with Gasteiger partial charge in [0.1, 0.15) is 5.82 Å². The molecule has 124 valence electrons. The Morgan fingerprint density at radius 3 is 2.38 bits per heavy atom. The van der Waals surface area contributed by atoms with Gasteiger partial charge < -0.3 is 5.11 Å². The lowest BCUT2D eigenvalue weighted by molar-refractivity contribution is -0.141. The van der Waals surface area contributed by atoms with Crippen molar-refractivity contribution >= 4 is 11.8 Å². The fourth-order valence-corrected chi connectivity index (χ4v) is 3.06. The number of aliphatic hydroxyl groups is 1. The summed E-state index contributed by atoms with van der Waals surface area (Å²) in [5, 5.41) is 10.3. The lowest BCUT2D eigenvalue weighted by Gasteiger charge is -2.24. The molecule has 1 aliphatic rings. The standard InChI is InChI=1S/C19H18FNO3/c1-19(14-5-3-2-4-6-14)11-17(23)21(18(19)24)12-16(22)13-7-9-15(20)10-8-13/h2-10,16,22H,11-12H2,1H3/t16-,19-/m1/s1. The van der Waals surface area contributed by atoms with E-state index >= 15 is 0 Å². The molecule has 0 spiro atoms. The third kappa shape index (κ3) is 2.83. The minimum absolute atomic E-state index is 0.0754. The SMILES string of the molecule is C[C@]1(c2ccccc2)CC(=O)N(C[C@@H](O)c2ccc(F)cc2)C1=O. The van der Waals surface area contributed by atoms with Crippen LogP contribution in [-0.4, -0.2) is 28.4 Å². The Morgan fingerprint density at radius 1 is 1.12 bits per heavy atom. The van der Waals surface area contributed by atoms with E-state index in [4.69, 9.17) is 0 Å². The molecule has 2 aromatic rings. The molecule has 1 aliphatic heterocycles. The minimum Gasteiger partial charge on any atom is -0.387 e. The highest BCUT2D eigenvalue weighted by atomic mass is 19.1. The van der Waals surface area contributed by atoms with Crippen molar-refractivity contribution < 1.29 is 19.1 Å². The number of nitrogens with zero attached hydrogens (tertiary/aromatic N) is 1. The van der Waals surface area contributed by atoms with Crippen molar-refractivity contribution in [3.63, 3.8) is 0 Å². The summed E-state index contributed by atoms with van der Waals surface area (Å²) in [6, 6.07) is 14.5. The van der Waals surface area contributed by atoms with Gasteiger partial charge in [0, 0.05) is 6.42 Å². The topological polar surface area (TPSA) is 57.6 Å². The number of likely N-dealkylation sites (tertiary alicyclic amines) is 1. The van der Waals surface area contributed by atoms with Crippen LogP contribution in [-0.2, 0) is 15.0 Å². The van der Waals surface area contributed by atoms with Gasteiger partial charge in [-0.1, -0.05) is 42.5 Å². The maximum atomic E-state index is 13.0. The fourth-order valence-electron chi connectivity index (χ4n) is 3.06. The van der Waals surface area contributed by atoms with Crippen LogP contribution >= 0.6 is 0 Å². The number of halogens is 1. The Balaban J connectivity index is 1.81. The summed E-state index contributed by atoms with van der Waals surface area (Å²) in [4.78, 5) is 26.2. The molecule has 0 bridgehead atoms. The molecule has 2 aromatic carbocycles. The molecule has 1 N–H and O–H groups in total. The first-order chi connectivity index (χ1) is 11.4. The van der Waals surface area contributed by atoms with Crippen LogP contribution in [0.5, 0.6) is 0 Å². The van der Waals surface area contributed by atoms with E-state index in [1.165, 1.54) is 24.3 Å². The van der Waals surface area contributed by atoms with Gasteiger partial charge in [0.15, 0.2) is 0 Å². The van der Waals surface area contributed by atoms with Crippen LogP contribution in [0.4, 0.5) is 4.39 Å². The Labute approximate surface area is 139 Å². The molecule has 4 nitrogen and oxygen atoms in total. The zero-order valence-corrected chi connectivity index (χ0v) is 13.3. The highest BCUT2D eigenvalue weighted by Crippen LogP contribution is 2.36. The van der Waals surface area contributed by atoms with Crippen LogP contribution in [0.25, 0.3) is 0 Å². The van der Waals surface area contributed by atoms with Crippen LogP contribution in [0.2, 0.25) is 0 Å². The van der Waals surface area contributed by atoms with Crippen molar-refractivity contribution in [2.45, 2.75) is 24.9 Å². The van der Waals surface area contributed by atoms with Crippen molar-refractivity contribution in [3.8, 4) is 0 Å². The van der Waals surface area contributed by atoms with Crippen LogP contribution in [0.1, 0.15) is 30.6 Å². The quantitative estimate of drug-likeness (QED) is 0.878. The molecule has 2 atom stereocenters. The Morgan fingerprint density at radius 2 is 1.75 bits per heavy atom. The molecule has 5 heteroatoms. The number of benzene rings is 2. The van der Waals surface area contributed by atoms with Gasteiger partial charge in [-0.05, 0) is 30.2 Å². The Bertz CT molecular complexity index is 760. The summed E-state index contributed by atoms with van der Waals surface area (Å²) in [5.74, 6) is -1.04. The summed E-state index contributed by atoms with van der Waals surface area (Å²) in [5.41, 5.74) is 0.327. The zero-order chi connectivity index (χ0) is 17.3. The largest absolute Gasteiger partial charge is 0.387 e. The van der Waals surface area contributed by atoms with Gasteiger partial charge in [-0.2, -0.15) is 0 Å². The van der Waals surface area contributed by atoms with Crippen molar-refractivity contribution in [2.75, 3.05) is 6.54 Å². The van der Waals surface area contributed by atoms with Crippen molar-refractivity contribution in [2.24, 2.45) is 0 Å². The highest BCUT2D eigenvalue weighted by molar-refractivity contribution is 6.08. The van der Waals surface area contributed by atoms with Gasteiger partial charge in [0.05, 0.1) is 18.1 Å². The maximum absolute atomic E-state index is 13.0. The van der Waals surface area contributed by atoms with E-state index in [1.807, 2.05) is 30.3 Å². The summed E-state index contributed by atoms with van der Waals surface area (Å²) in [7, 11) is 0. The smallest absolute Gasteiger partial charge is 0.240 e.